The van der Waals surface area contributed by atoms with Crippen LogP contribution in [-0.2, 0) is 9.84 Å². The maximum Gasteiger partial charge on any atom is 0.194 e. The van der Waals surface area contributed by atoms with Crippen LogP contribution in [0.15, 0.2) is 35.2 Å². The number of benzene rings is 1. The highest BCUT2D eigenvalue weighted by Gasteiger charge is 2.35. The first-order chi connectivity index (χ1) is 8.93. The van der Waals surface area contributed by atoms with E-state index in [0.29, 0.717) is 13.1 Å². The van der Waals surface area contributed by atoms with E-state index in [4.69, 9.17) is 11.6 Å². The summed E-state index contributed by atoms with van der Waals surface area (Å²) in [6.07, 6.45) is 0. The molecule has 0 bridgehead atoms. The summed E-state index contributed by atoms with van der Waals surface area (Å²) < 4.78 is 25.0. The predicted molar refractivity (Wildman–Crippen MR) is 76.6 cm³/mol. The summed E-state index contributed by atoms with van der Waals surface area (Å²) in [5, 5.41) is -0.855. The van der Waals surface area contributed by atoms with Crippen molar-refractivity contribution in [1.29, 1.82) is 0 Å². The van der Waals surface area contributed by atoms with Gasteiger partial charge in [-0.1, -0.05) is 18.2 Å². The van der Waals surface area contributed by atoms with Crippen molar-refractivity contribution < 1.29 is 8.42 Å². The normalized spacial score (nSPS) is 24.3. The molecule has 1 aromatic carbocycles. The molecule has 0 saturated carbocycles. The average molecular weight is 302 g/mol. The zero-order chi connectivity index (χ0) is 14.0. The molecule has 105 valence electrons. The Kier molecular flexibility index (Phi) is 4.50. The molecule has 6 heteroatoms. The Bertz CT molecular complexity index is 521. The number of rotatable bonds is 3. The van der Waals surface area contributed by atoms with Crippen LogP contribution in [0.4, 0.5) is 0 Å². The number of hydrogen-bond acceptors (Lipinski definition) is 4. The van der Waals surface area contributed by atoms with Crippen LogP contribution >= 0.6 is 11.6 Å². The molecule has 0 N–H and O–H groups in total. The van der Waals surface area contributed by atoms with Crippen LogP contribution in [0.1, 0.15) is 0 Å². The van der Waals surface area contributed by atoms with Crippen molar-refractivity contribution in [3.05, 3.63) is 37.3 Å². The number of sulfone groups is 1. The summed E-state index contributed by atoms with van der Waals surface area (Å²) in [4.78, 5) is 4.11. The smallest absolute Gasteiger partial charge is 0.194 e. The largest absolute Gasteiger partial charge is 0.302 e. The van der Waals surface area contributed by atoms with Crippen LogP contribution in [-0.4, -0.2) is 55.8 Å². The van der Waals surface area contributed by atoms with E-state index < -0.39 is 15.2 Å². The van der Waals surface area contributed by atoms with Crippen LogP contribution in [0.5, 0.6) is 0 Å². The molecule has 0 aromatic heterocycles. The second-order valence-corrected chi connectivity index (χ2v) is 7.36. The van der Waals surface area contributed by atoms with E-state index in [2.05, 4.69) is 11.8 Å². The van der Waals surface area contributed by atoms with Gasteiger partial charge in [0.25, 0.3) is 0 Å². The lowest BCUT2D eigenvalue weighted by atomic mass is 10.3. The third-order valence-electron chi connectivity index (χ3n) is 3.36. The lowest BCUT2D eigenvalue weighted by molar-refractivity contribution is 0.131. The molecule has 0 amide bonds. The van der Waals surface area contributed by atoms with Gasteiger partial charge in [-0.3, -0.25) is 4.90 Å². The Morgan fingerprint density at radius 3 is 2.53 bits per heavy atom. The number of nitrogens with zero attached hydrogens (tertiary/aromatic N) is 2. The van der Waals surface area contributed by atoms with E-state index in [1.807, 2.05) is 7.05 Å². The summed E-state index contributed by atoms with van der Waals surface area (Å²) in [5.74, 6) is 0. The molecular weight excluding hydrogens is 284 g/mol. The first-order valence-corrected chi connectivity index (χ1v) is 8.11. The van der Waals surface area contributed by atoms with Gasteiger partial charge in [-0.25, -0.2) is 8.42 Å². The topological polar surface area (TPSA) is 40.6 Å². The second-order valence-electron chi connectivity index (χ2n) is 4.75. The SMILES string of the molecule is [CH2]C(N1CCN(C)CC1Cl)S(=O)(=O)c1ccccc1. The van der Waals surface area contributed by atoms with Gasteiger partial charge in [0.05, 0.1) is 10.4 Å². The third-order valence-corrected chi connectivity index (χ3v) is 5.67. The van der Waals surface area contributed by atoms with Gasteiger partial charge in [0, 0.05) is 19.6 Å². The Hall–Kier alpha value is -0.620. The summed E-state index contributed by atoms with van der Waals surface area (Å²) in [6.45, 7) is 5.85. The van der Waals surface area contributed by atoms with Gasteiger partial charge in [-0.2, -0.15) is 0 Å². The lowest BCUT2D eigenvalue weighted by Crippen LogP contribution is -2.54. The fourth-order valence-electron chi connectivity index (χ4n) is 2.15. The molecule has 1 saturated heterocycles. The van der Waals surface area contributed by atoms with E-state index in [-0.39, 0.29) is 10.4 Å². The number of halogens is 1. The zero-order valence-electron chi connectivity index (χ0n) is 10.9. The van der Waals surface area contributed by atoms with Crippen molar-refractivity contribution >= 4 is 21.4 Å². The maximum absolute atomic E-state index is 12.5. The molecule has 1 aromatic rings. The summed E-state index contributed by atoms with van der Waals surface area (Å²) in [5.41, 5.74) is -0.334. The monoisotopic (exact) mass is 301 g/mol. The van der Waals surface area contributed by atoms with E-state index in [1.54, 1.807) is 35.2 Å². The van der Waals surface area contributed by atoms with Crippen LogP contribution in [0, 0.1) is 6.92 Å². The van der Waals surface area contributed by atoms with Gasteiger partial charge in [-0.15, -0.1) is 11.6 Å². The van der Waals surface area contributed by atoms with Crippen molar-refractivity contribution in [3.63, 3.8) is 0 Å². The summed E-state index contributed by atoms with van der Waals surface area (Å²) >= 11 is 6.25. The van der Waals surface area contributed by atoms with Crippen LogP contribution < -0.4 is 0 Å². The molecule has 2 unspecified atom stereocenters. The minimum Gasteiger partial charge on any atom is -0.302 e. The van der Waals surface area contributed by atoms with E-state index in [9.17, 15) is 8.42 Å². The van der Waals surface area contributed by atoms with Crippen LogP contribution in [0.2, 0.25) is 0 Å². The number of likely N-dealkylation sites (N-methyl/N-ethyl adjacent to an activating group) is 1. The van der Waals surface area contributed by atoms with Crippen LogP contribution in [0.25, 0.3) is 0 Å². The minimum atomic E-state index is -3.48. The Morgan fingerprint density at radius 1 is 1.32 bits per heavy atom. The van der Waals surface area contributed by atoms with Crippen molar-refractivity contribution in [2.45, 2.75) is 15.8 Å². The highest BCUT2D eigenvalue weighted by Crippen LogP contribution is 2.23. The molecule has 19 heavy (non-hydrogen) atoms. The summed E-state index contributed by atoms with van der Waals surface area (Å²) in [6, 6.07) is 8.39. The standard InChI is InChI=1S/C13H18ClN2O2S/c1-11(16-9-8-15(2)10-13(16)14)19(17,18)12-6-4-3-5-7-12/h3-7,11,13H,1,8-10H2,2H3. The molecular formula is C13H18ClN2O2S. The van der Waals surface area contributed by atoms with E-state index in [0.717, 1.165) is 6.54 Å². The minimum absolute atomic E-state index is 0.290. The van der Waals surface area contributed by atoms with Crippen molar-refractivity contribution in [1.82, 2.24) is 9.80 Å². The van der Waals surface area contributed by atoms with Gasteiger partial charge in [-0.05, 0) is 26.1 Å². The molecule has 4 nitrogen and oxygen atoms in total. The Labute approximate surface area is 119 Å². The second kappa shape index (κ2) is 5.79. The highest BCUT2D eigenvalue weighted by atomic mass is 35.5. The predicted octanol–water partition coefficient (Wildman–Crippen LogP) is 1.43. The number of alkyl halides is 1. The van der Waals surface area contributed by atoms with Gasteiger partial charge < -0.3 is 4.90 Å². The van der Waals surface area contributed by atoms with Crippen molar-refractivity contribution in [2.24, 2.45) is 0 Å². The maximum atomic E-state index is 12.5. The molecule has 0 spiro atoms. The van der Waals surface area contributed by atoms with E-state index in [1.165, 1.54) is 0 Å². The first kappa shape index (κ1) is 14.8. The molecule has 2 rings (SSSR count). The van der Waals surface area contributed by atoms with Crippen LogP contribution in [0.3, 0.4) is 0 Å². The molecule has 1 fully saturated rings. The quantitative estimate of drug-likeness (QED) is 0.626. The number of piperazine rings is 1. The Balaban J connectivity index is 2.22. The molecule has 1 aliphatic heterocycles. The fourth-order valence-corrected chi connectivity index (χ4v) is 4.15. The summed E-state index contributed by atoms with van der Waals surface area (Å²) in [7, 11) is -1.51. The first-order valence-electron chi connectivity index (χ1n) is 6.13. The van der Waals surface area contributed by atoms with Gasteiger partial charge in [0.1, 0.15) is 5.37 Å². The number of hydrogen-bond donors (Lipinski definition) is 0. The van der Waals surface area contributed by atoms with Crippen molar-refractivity contribution in [3.8, 4) is 0 Å². The third kappa shape index (κ3) is 3.11. The van der Waals surface area contributed by atoms with Gasteiger partial charge in [0.2, 0.25) is 0 Å². The molecule has 0 aliphatic carbocycles. The molecule has 1 heterocycles. The van der Waals surface area contributed by atoms with Gasteiger partial charge >= 0.3 is 0 Å². The molecule has 1 radical (unpaired) electrons. The van der Waals surface area contributed by atoms with Crippen molar-refractivity contribution in [2.75, 3.05) is 26.7 Å². The molecule has 1 aliphatic rings. The molecule has 2 atom stereocenters. The zero-order valence-corrected chi connectivity index (χ0v) is 12.4. The highest BCUT2D eigenvalue weighted by molar-refractivity contribution is 7.92. The Morgan fingerprint density at radius 2 is 1.95 bits per heavy atom. The van der Waals surface area contributed by atoms with Gasteiger partial charge in [0.15, 0.2) is 9.84 Å². The van der Waals surface area contributed by atoms with E-state index >= 15 is 0 Å². The average Bonchev–Trinajstić information content (AvgIpc) is 2.39. The fraction of sp³-hybridized carbons (Fsp3) is 0.462. The lowest BCUT2D eigenvalue weighted by Gasteiger charge is -2.39.